The summed E-state index contributed by atoms with van der Waals surface area (Å²) in [6, 6.07) is 10.9. The quantitative estimate of drug-likeness (QED) is 0.0612. The SMILES string of the molecule is O=C(OCCOCCOCCOCCOCCOCCOCCOCCOCCOCCOCCOCCO)OC[C@@H]1CN(c2ccc3cc(-c4ccccc4C(F)(F)F)[nH]c(=O)c3c2)C(=O)O1. The van der Waals surface area contributed by atoms with Gasteiger partial charge in [-0.15, -0.1) is 0 Å². The van der Waals surface area contributed by atoms with Gasteiger partial charge in [0.15, 0.2) is 6.10 Å². The Labute approximate surface area is 391 Å². The van der Waals surface area contributed by atoms with Crippen LogP contribution in [0.3, 0.4) is 0 Å². The highest BCUT2D eigenvalue weighted by molar-refractivity contribution is 5.94. The minimum absolute atomic E-state index is 0.000967. The van der Waals surface area contributed by atoms with Crippen LogP contribution in [0.1, 0.15) is 5.56 Å². The van der Waals surface area contributed by atoms with Crippen molar-refractivity contribution in [3.63, 3.8) is 0 Å². The zero-order valence-corrected chi connectivity index (χ0v) is 38.0. The predicted molar refractivity (Wildman–Crippen MR) is 236 cm³/mol. The maximum absolute atomic E-state index is 13.6. The highest BCUT2D eigenvalue weighted by Gasteiger charge is 2.35. The Morgan fingerprint density at radius 3 is 1.50 bits per heavy atom. The number of amides is 1. The normalized spacial score (nSPS) is 14.0. The fourth-order valence-corrected chi connectivity index (χ4v) is 6.10. The molecular weight excluding hydrogens is 913 g/mol. The van der Waals surface area contributed by atoms with Gasteiger partial charge in [-0.1, -0.05) is 24.3 Å². The molecule has 382 valence electrons. The van der Waals surface area contributed by atoms with Crippen molar-refractivity contribution in [1.29, 1.82) is 0 Å². The Hall–Kier alpha value is -4.50. The van der Waals surface area contributed by atoms with Crippen LogP contribution in [0.2, 0.25) is 0 Å². The number of anilines is 1. The molecule has 2 aromatic carbocycles. The van der Waals surface area contributed by atoms with Crippen molar-refractivity contribution in [3.05, 3.63) is 64.4 Å². The number of fused-ring (bicyclic) bond motifs is 1. The molecule has 1 fully saturated rings. The number of aromatic nitrogens is 1. The van der Waals surface area contributed by atoms with Crippen molar-refractivity contribution in [2.45, 2.75) is 12.3 Å². The Morgan fingerprint density at radius 1 is 0.603 bits per heavy atom. The lowest BCUT2D eigenvalue weighted by Gasteiger charge is -2.15. The number of alkyl halides is 3. The van der Waals surface area contributed by atoms with Crippen molar-refractivity contribution < 1.29 is 94.2 Å². The Kier molecular flexibility index (Phi) is 28.0. The van der Waals surface area contributed by atoms with Crippen LogP contribution >= 0.6 is 0 Å². The van der Waals surface area contributed by atoms with Crippen LogP contribution < -0.4 is 10.5 Å². The van der Waals surface area contributed by atoms with E-state index >= 15 is 0 Å². The van der Waals surface area contributed by atoms with Crippen LogP contribution in [0.15, 0.2) is 53.3 Å². The molecule has 1 aromatic heterocycles. The Bertz CT molecular complexity index is 1910. The van der Waals surface area contributed by atoms with Crippen LogP contribution in [0.5, 0.6) is 0 Å². The van der Waals surface area contributed by atoms with Crippen molar-refractivity contribution >= 4 is 28.7 Å². The van der Waals surface area contributed by atoms with Gasteiger partial charge in [-0.3, -0.25) is 9.69 Å². The summed E-state index contributed by atoms with van der Waals surface area (Å²) in [5, 5.41) is 9.12. The number of carbonyl (C=O) groups excluding carboxylic acids is 2. The number of nitrogens with zero attached hydrogens (tertiary/aromatic N) is 1. The second kappa shape index (κ2) is 33.9. The lowest BCUT2D eigenvalue weighted by atomic mass is 10.0. The molecule has 0 radical (unpaired) electrons. The monoisotopic (exact) mass is 976 g/mol. The van der Waals surface area contributed by atoms with Gasteiger partial charge in [-0.25, -0.2) is 9.59 Å². The molecule has 1 amide bonds. The smallest absolute Gasteiger partial charge is 0.440 e. The van der Waals surface area contributed by atoms with Gasteiger partial charge >= 0.3 is 18.4 Å². The number of hydrogen-bond acceptors (Lipinski definition) is 18. The van der Waals surface area contributed by atoms with Gasteiger partial charge in [0.25, 0.3) is 5.56 Å². The average Bonchev–Trinajstić information content (AvgIpc) is 3.71. The van der Waals surface area contributed by atoms with E-state index in [0.717, 1.165) is 6.07 Å². The van der Waals surface area contributed by atoms with Gasteiger partial charge < -0.3 is 76.4 Å². The van der Waals surface area contributed by atoms with E-state index in [0.29, 0.717) is 143 Å². The van der Waals surface area contributed by atoms with Crippen LogP contribution in [-0.2, 0) is 72.5 Å². The first-order valence-electron chi connectivity index (χ1n) is 22.2. The zero-order chi connectivity index (χ0) is 48.5. The molecule has 68 heavy (non-hydrogen) atoms. The van der Waals surface area contributed by atoms with E-state index in [1.807, 2.05) is 0 Å². The van der Waals surface area contributed by atoms with E-state index in [9.17, 15) is 27.6 Å². The van der Waals surface area contributed by atoms with Crippen LogP contribution in [0.4, 0.5) is 28.4 Å². The van der Waals surface area contributed by atoms with Gasteiger partial charge in [-0.05, 0) is 29.7 Å². The molecular formula is C45H63F3N2O18. The fraction of sp³-hybridized carbons (Fsp3) is 0.622. The molecule has 2 heterocycles. The number of aromatic amines is 1. The predicted octanol–water partition coefficient (Wildman–Crippen LogP) is 3.87. The number of ether oxygens (including phenoxy) is 14. The standard InChI is InChI=1S/C45H63F3N2O18/c46-45(47,48)40-4-2-1-3-38(40)41-31-35-5-6-36(32-39(35)42(52)49-41)50-33-37(68-43(50)53)34-67-44(54)66-30-29-65-28-27-64-26-25-63-24-23-62-22-21-61-20-19-60-18-17-59-16-15-58-14-13-57-12-11-56-10-9-55-8-7-51/h1-6,31-32,37,51H,7-30,33-34H2,(H,49,52)/t37-/m0/s1. The third-order valence-electron chi connectivity index (χ3n) is 9.33. The molecule has 20 nitrogen and oxygen atoms in total. The summed E-state index contributed by atoms with van der Waals surface area (Å²) in [4.78, 5) is 41.4. The minimum atomic E-state index is -4.62. The van der Waals surface area contributed by atoms with Gasteiger partial charge in [-0.2, -0.15) is 13.2 Å². The molecule has 0 aliphatic carbocycles. The van der Waals surface area contributed by atoms with Gasteiger partial charge in [0, 0.05) is 22.3 Å². The maximum Gasteiger partial charge on any atom is 0.508 e. The Morgan fingerprint density at radius 2 is 1.04 bits per heavy atom. The number of pyridine rings is 1. The third-order valence-corrected chi connectivity index (χ3v) is 9.33. The molecule has 1 aliphatic heterocycles. The molecule has 0 saturated carbocycles. The molecule has 0 bridgehead atoms. The molecule has 3 aromatic rings. The van der Waals surface area contributed by atoms with E-state index in [2.05, 4.69) is 4.98 Å². The summed E-state index contributed by atoms with van der Waals surface area (Å²) in [5.41, 5.74) is -1.38. The van der Waals surface area contributed by atoms with Crippen LogP contribution in [0, 0.1) is 0 Å². The number of nitrogens with one attached hydrogen (secondary N) is 1. The molecule has 1 atom stereocenters. The molecule has 1 saturated heterocycles. The number of aliphatic hydroxyl groups excluding tert-OH is 1. The number of cyclic esters (lactones) is 1. The summed E-state index contributed by atoms with van der Waals surface area (Å²) >= 11 is 0. The maximum atomic E-state index is 13.6. The first-order chi connectivity index (χ1) is 33.2. The van der Waals surface area contributed by atoms with E-state index in [1.165, 1.54) is 47.4 Å². The van der Waals surface area contributed by atoms with Crippen molar-refractivity contribution in [2.75, 3.05) is 177 Å². The average molecular weight is 977 g/mol. The topological polar surface area (TPSA) is 220 Å². The number of benzene rings is 2. The lowest BCUT2D eigenvalue weighted by molar-refractivity contribution is -0.137. The summed E-state index contributed by atoms with van der Waals surface area (Å²) in [6.07, 6.45) is -7.16. The lowest BCUT2D eigenvalue weighted by Crippen LogP contribution is -2.27. The number of H-pyrrole nitrogens is 1. The van der Waals surface area contributed by atoms with E-state index in [1.54, 1.807) is 0 Å². The van der Waals surface area contributed by atoms with Gasteiger partial charge in [0.05, 0.1) is 164 Å². The fourth-order valence-electron chi connectivity index (χ4n) is 6.10. The zero-order valence-electron chi connectivity index (χ0n) is 38.0. The van der Waals surface area contributed by atoms with Crippen molar-refractivity contribution in [2.24, 2.45) is 0 Å². The number of aliphatic hydroxyl groups is 1. The first-order valence-corrected chi connectivity index (χ1v) is 22.2. The first kappa shape index (κ1) is 56.1. The molecule has 0 spiro atoms. The van der Waals surface area contributed by atoms with E-state index in [-0.39, 0.29) is 56.2 Å². The van der Waals surface area contributed by atoms with Crippen molar-refractivity contribution in [1.82, 2.24) is 4.98 Å². The summed E-state index contributed by atoms with van der Waals surface area (Å²) < 4.78 is 116. The highest BCUT2D eigenvalue weighted by atomic mass is 19.4. The molecule has 2 N–H and O–H groups in total. The number of rotatable bonds is 39. The summed E-state index contributed by atoms with van der Waals surface area (Å²) in [6.45, 7) is 8.60. The molecule has 4 rings (SSSR count). The largest absolute Gasteiger partial charge is 0.508 e. The van der Waals surface area contributed by atoms with Crippen molar-refractivity contribution in [3.8, 4) is 11.3 Å². The minimum Gasteiger partial charge on any atom is -0.440 e. The van der Waals surface area contributed by atoms with Gasteiger partial charge in [0.1, 0.15) is 13.2 Å². The summed E-state index contributed by atoms with van der Waals surface area (Å²) in [7, 11) is 0. The number of halogens is 3. The number of carbonyl (C=O) groups is 2. The molecule has 23 heteroatoms. The molecule has 0 unspecified atom stereocenters. The van der Waals surface area contributed by atoms with Crippen LogP contribution in [-0.4, -0.2) is 200 Å². The third kappa shape index (κ3) is 22.7. The Balaban J connectivity index is 0.878. The molecule has 1 aliphatic rings. The second-order valence-corrected chi connectivity index (χ2v) is 14.3. The van der Waals surface area contributed by atoms with Crippen LogP contribution in [0.25, 0.3) is 22.0 Å². The van der Waals surface area contributed by atoms with Gasteiger partial charge in [0.2, 0.25) is 0 Å². The summed E-state index contributed by atoms with van der Waals surface area (Å²) in [5.74, 6) is 0. The number of hydrogen-bond donors (Lipinski definition) is 2. The van der Waals surface area contributed by atoms with E-state index < -0.39 is 35.7 Å². The highest BCUT2D eigenvalue weighted by Crippen LogP contribution is 2.37. The second-order valence-electron chi connectivity index (χ2n) is 14.3. The van der Waals surface area contributed by atoms with E-state index in [4.69, 9.17) is 71.4 Å².